The average molecular weight is 410 g/mol. The van der Waals surface area contributed by atoms with Gasteiger partial charge >= 0.3 is 0 Å². The fraction of sp³-hybridized carbons (Fsp3) is 0.471. The van der Waals surface area contributed by atoms with E-state index in [9.17, 15) is 13.2 Å². The van der Waals surface area contributed by atoms with Gasteiger partial charge in [-0.05, 0) is 36.5 Å². The van der Waals surface area contributed by atoms with Crippen molar-refractivity contribution in [1.29, 1.82) is 0 Å². The normalized spacial score (nSPS) is 17.7. The first-order chi connectivity index (χ1) is 12.8. The van der Waals surface area contributed by atoms with Gasteiger partial charge in [-0.2, -0.15) is 0 Å². The fourth-order valence-corrected chi connectivity index (χ4v) is 5.01. The van der Waals surface area contributed by atoms with E-state index in [1.165, 1.54) is 19.8 Å². The van der Waals surface area contributed by atoms with E-state index >= 15 is 0 Å². The molecule has 146 valence electrons. The molecular weight excluding hydrogens is 386 g/mol. The van der Waals surface area contributed by atoms with Gasteiger partial charge in [-0.3, -0.25) is 4.79 Å². The Hall–Kier alpha value is -2.04. The van der Waals surface area contributed by atoms with Crippen molar-refractivity contribution in [2.75, 3.05) is 23.3 Å². The van der Waals surface area contributed by atoms with E-state index in [2.05, 4.69) is 32.1 Å². The number of carbonyl (C=O) groups excluding carboxylic acids is 1. The summed E-state index contributed by atoms with van der Waals surface area (Å²) in [5.41, 5.74) is 2.02. The van der Waals surface area contributed by atoms with Gasteiger partial charge in [0, 0.05) is 32.2 Å². The zero-order valence-corrected chi connectivity index (χ0v) is 16.9. The third-order valence-electron chi connectivity index (χ3n) is 4.34. The second kappa shape index (κ2) is 8.32. The van der Waals surface area contributed by atoms with Gasteiger partial charge in [-0.1, -0.05) is 30.4 Å². The summed E-state index contributed by atoms with van der Waals surface area (Å²) in [5.74, 6) is 0.366. The first-order valence-electron chi connectivity index (χ1n) is 8.78. The Kier molecular flexibility index (Phi) is 6.08. The molecule has 0 bridgehead atoms. The van der Waals surface area contributed by atoms with Crippen LogP contribution in [0, 0.1) is 5.92 Å². The Balaban J connectivity index is 1.60. The van der Waals surface area contributed by atoms with Gasteiger partial charge in [-0.15, -0.1) is 10.2 Å². The number of aromatic nitrogens is 2. The molecule has 1 amide bonds. The number of rotatable bonds is 6. The molecule has 1 aliphatic rings. The van der Waals surface area contributed by atoms with Crippen LogP contribution < -0.4 is 14.9 Å². The summed E-state index contributed by atoms with van der Waals surface area (Å²) < 4.78 is 27.0. The smallest absolute Gasteiger partial charge is 0.270 e. The number of nitrogens with one attached hydrogen (secondary N) is 2. The highest BCUT2D eigenvalue weighted by molar-refractivity contribution is 7.91. The van der Waals surface area contributed by atoms with Crippen molar-refractivity contribution < 1.29 is 13.2 Å². The van der Waals surface area contributed by atoms with Crippen molar-refractivity contribution >= 4 is 38.1 Å². The van der Waals surface area contributed by atoms with E-state index in [4.69, 9.17) is 0 Å². The van der Waals surface area contributed by atoms with E-state index < -0.39 is 10.0 Å². The predicted molar refractivity (Wildman–Crippen MR) is 105 cm³/mol. The summed E-state index contributed by atoms with van der Waals surface area (Å²) in [4.78, 5) is 13.4. The van der Waals surface area contributed by atoms with Crippen LogP contribution >= 0.6 is 11.3 Å². The third kappa shape index (κ3) is 5.24. The molecule has 3 rings (SSSR count). The minimum atomic E-state index is -3.78. The van der Waals surface area contributed by atoms with Crippen LogP contribution in [0.15, 0.2) is 28.6 Å². The second-order valence-electron chi connectivity index (χ2n) is 6.74. The number of carbonyl (C=O) groups is 1. The quantitative estimate of drug-likeness (QED) is 0.709. The van der Waals surface area contributed by atoms with Crippen LogP contribution in [0.3, 0.4) is 0 Å². The summed E-state index contributed by atoms with van der Waals surface area (Å²) in [5, 5.41) is 9.87. The fourth-order valence-electron chi connectivity index (χ4n) is 3.01. The molecule has 1 aromatic heterocycles. The van der Waals surface area contributed by atoms with E-state index in [0.717, 1.165) is 35.7 Å². The summed E-state index contributed by atoms with van der Waals surface area (Å²) in [6.07, 6.45) is 2.47. The van der Waals surface area contributed by atoms with Crippen LogP contribution in [0.2, 0.25) is 0 Å². The van der Waals surface area contributed by atoms with Crippen molar-refractivity contribution in [1.82, 2.24) is 14.9 Å². The number of piperidine rings is 1. The van der Waals surface area contributed by atoms with Gasteiger partial charge in [0.2, 0.25) is 15.4 Å². The van der Waals surface area contributed by atoms with Gasteiger partial charge in [-0.25, -0.2) is 13.1 Å². The number of amides is 1. The third-order valence-corrected chi connectivity index (χ3v) is 6.95. The minimum Gasteiger partial charge on any atom is -0.371 e. The lowest BCUT2D eigenvalue weighted by Gasteiger charge is -2.32. The second-order valence-corrected chi connectivity index (χ2v) is 9.66. The number of anilines is 2. The summed E-state index contributed by atoms with van der Waals surface area (Å²) in [6.45, 7) is 5.86. The molecule has 0 radical (unpaired) electrons. The van der Waals surface area contributed by atoms with E-state index in [1.807, 2.05) is 24.3 Å². The molecule has 1 fully saturated rings. The Morgan fingerprint density at radius 1 is 1.30 bits per heavy atom. The largest absolute Gasteiger partial charge is 0.371 e. The van der Waals surface area contributed by atoms with Crippen LogP contribution in [0.4, 0.5) is 10.8 Å². The maximum absolute atomic E-state index is 12.3. The molecule has 27 heavy (non-hydrogen) atoms. The van der Waals surface area contributed by atoms with Crippen molar-refractivity contribution in [3.05, 3.63) is 29.8 Å². The molecule has 8 nitrogen and oxygen atoms in total. The first-order valence-corrected chi connectivity index (χ1v) is 11.1. The Bertz CT molecular complexity index is 896. The lowest BCUT2D eigenvalue weighted by molar-refractivity contribution is -0.114. The van der Waals surface area contributed by atoms with Crippen LogP contribution in [0.5, 0.6) is 0 Å². The highest BCUT2D eigenvalue weighted by Gasteiger charge is 2.20. The Labute approximate surface area is 163 Å². The van der Waals surface area contributed by atoms with E-state index in [-0.39, 0.29) is 21.9 Å². The maximum atomic E-state index is 12.3. The zero-order valence-electron chi connectivity index (χ0n) is 15.3. The lowest BCUT2D eigenvalue weighted by Crippen LogP contribution is -2.34. The molecule has 2 heterocycles. The topological polar surface area (TPSA) is 104 Å². The van der Waals surface area contributed by atoms with Crippen molar-refractivity contribution in [2.24, 2.45) is 5.92 Å². The zero-order chi connectivity index (χ0) is 19.4. The van der Waals surface area contributed by atoms with E-state index in [0.29, 0.717) is 5.92 Å². The molecule has 1 saturated heterocycles. The number of hydrogen-bond acceptors (Lipinski definition) is 7. The molecule has 0 saturated carbocycles. The molecule has 2 N–H and O–H groups in total. The van der Waals surface area contributed by atoms with Gasteiger partial charge in [0.25, 0.3) is 10.0 Å². The molecule has 1 atom stereocenters. The SMILES string of the molecule is CC(=O)Nc1nnc(S(=O)(=O)NCc2ccc(N3CCC[C@@H](C)C3)cc2)s1. The molecular formula is C17H23N5O3S2. The maximum Gasteiger partial charge on any atom is 0.270 e. The van der Waals surface area contributed by atoms with Gasteiger partial charge in [0.05, 0.1) is 0 Å². The van der Waals surface area contributed by atoms with Crippen molar-refractivity contribution in [3.63, 3.8) is 0 Å². The molecule has 1 aliphatic heterocycles. The summed E-state index contributed by atoms with van der Waals surface area (Å²) in [6, 6.07) is 7.92. The highest BCUT2D eigenvalue weighted by Crippen LogP contribution is 2.24. The van der Waals surface area contributed by atoms with Crippen LogP contribution in [0.25, 0.3) is 0 Å². The predicted octanol–water partition coefficient (Wildman–Crippen LogP) is 2.21. The Morgan fingerprint density at radius 3 is 2.70 bits per heavy atom. The molecule has 0 aliphatic carbocycles. The molecule has 0 unspecified atom stereocenters. The number of benzene rings is 1. The number of nitrogens with zero attached hydrogens (tertiary/aromatic N) is 3. The van der Waals surface area contributed by atoms with Gasteiger partial charge in [0.1, 0.15) is 0 Å². The van der Waals surface area contributed by atoms with Crippen molar-refractivity contribution in [3.8, 4) is 0 Å². The molecule has 10 heteroatoms. The van der Waals surface area contributed by atoms with Crippen LogP contribution in [-0.2, 0) is 21.4 Å². The van der Waals surface area contributed by atoms with Gasteiger partial charge < -0.3 is 10.2 Å². The number of hydrogen-bond donors (Lipinski definition) is 2. The monoisotopic (exact) mass is 409 g/mol. The van der Waals surface area contributed by atoms with Crippen LogP contribution in [-0.4, -0.2) is 37.6 Å². The summed E-state index contributed by atoms with van der Waals surface area (Å²) >= 11 is 0.813. The summed E-state index contributed by atoms with van der Waals surface area (Å²) in [7, 11) is -3.78. The molecule has 1 aromatic carbocycles. The lowest BCUT2D eigenvalue weighted by atomic mass is 9.99. The molecule has 0 spiro atoms. The van der Waals surface area contributed by atoms with Crippen LogP contribution in [0.1, 0.15) is 32.3 Å². The highest BCUT2D eigenvalue weighted by atomic mass is 32.2. The first kappa shape index (κ1) is 19.7. The average Bonchev–Trinajstić information content (AvgIpc) is 3.09. The van der Waals surface area contributed by atoms with Gasteiger partial charge in [0.15, 0.2) is 0 Å². The Morgan fingerprint density at radius 2 is 2.04 bits per heavy atom. The minimum absolute atomic E-state index is 0.156. The number of sulfonamides is 1. The molecule has 2 aromatic rings. The van der Waals surface area contributed by atoms with E-state index in [1.54, 1.807) is 0 Å². The van der Waals surface area contributed by atoms with Crippen molar-refractivity contribution in [2.45, 2.75) is 37.6 Å². The standard InChI is InChI=1S/C17H23N5O3S2/c1-12-4-3-9-22(11-12)15-7-5-14(6-8-15)10-18-27(24,25)17-21-20-16(26-17)19-13(2)23/h5-8,12,18H,3-4,9-11H2,1-2H3,(H,19,20,23)/t12-/m1/s1.